The zero-order valence-corrected chi connectivity index (χ0v) is 22.6. The van der Waals surface area contributed by atoms with E-state index in [1.165, 1.54) is 0 Å². The van der Waals surface area contributed by atoms with Crippen LogP contribution in [0.3, 0.4) is 0 Å². The minimum Gasteiger partial charge on any atom is -0.494 e. The van der Waals surface area contributed by atoms with Crippen molar-refractivity contribution in [2.45, 2.75) is 0 Å². The minimum atomic E-state index is 0.590. The molecule has 5 rings (SSSR count). The zero-order valence-electron chi connectivity index (χ0n) is 22.6. The Morgan fingerprint density at radius 1 is 0.300 bits per heavy atom. The predicted octanol–water partition coefficient (Wildman–Crippen LogP) is 5.63. The fourth-order valence-electron chi connectivity index (χ4n) is 4.35. The Labute approximate surface area is 234 Å². The average molecular weight is 521 g/mol. The summed E-state index contributed by atoms with van der Waals surface area (Å²) in [6, 6.07) is 22.8. The standard InChI is InChI=1S/C36H24O4/c1-37-33-25-9-5-10-26(33)18-20-28-12-7-14-30(35(28)39-3)22-24-32-16-8-15-31(36(32)40-4)23-21-29-13-6-11-27(19-17-25)34(29)38-2/h5-16H,1-4H3. The molecule has 0 unspecified atom stereocenters. The number of fused-ring (bicyclic) bond motifs is 8. The molecule has 0 atom stereocenters. The van der Waals surface area contributed by atoms with Crippen molar-refractivity contribution in [3.05, 3.63) is 117 Å². The molecule has 8 bridgehead atoms. The summed E-state index contributed by atoms with van der Waals surface area (Å²) >= 11 is 0. The van der Waals surface area contributed by atoms with Crippen molar-refractivity contribution in [2.75, 3.05) is 28.4 Å². The van der Waals surface area contributed by atoms with Crippen molar-refractivity contribution in [3.63, 3.8) is 0 Å². The van der Waals surface area contributed by atoms with Crippen LogP contribution in [0.15, 0.2) is 72.8 Å². The highest BCUT2D eigenvalue weighted by Gasteiger charge is 2.11. The van der Waals surface area contributed by atoms with Crippen molar-refractivity contribution in [1.82, 2.24) is 0 Å². The monoisotopic (exact) mass is 520 g/mol. The Balaban J connectivity index is 1.81. The number of benzene rings is 4. The van der Waals surface area contributed by atoms with E-state index >= 15 is 0 Å². The maximum absolute atomic E-state index is 5.73. The van der Waals surface area contributed by atoms with Gasteiger partial charge in [0, 0.05) is 0 Å². The molecule has 0 fully saturated rings. The molecule has 1 aliphatic carbocycles. The van der Waals surface area contributed by atoms with Crippen molar-refractivity contribution >= 4 is 0 Å². The molecule has 4 nitrogen and oxygen atoms in total. The molecule has 0 saturated heterocycles. The molecule has 0 N–H and O–H groups in total. The molecular weight excluding hydrogens is 496 g/mol. The first-order valence-corrected chi connectivity index (χ1v) is 12.4. The Kier molecular flexibility index (Phi) is 7.65. The second kappa shape index (κ2) is 11.8. The summed E-state index contributed by atoms with van der Waals surface area (Å²) in [5, 5.41) is 0. The average Bonchev–Trinajstić information content (AvgIpc) is 2.99. The molecule has 0 spiro atoms. The van der Waals surface area contributed by atoms with E-state index in [4.69, 9.17) is 18.9 Å². The second-order valence-electron chi connectivity index (χ2n) is 8.55. The first-order chi connectivity index (χ1) is 19.7. The van der Waals surface area contributed by atoms with Gasteiger partial charge in [-0.2, -0.15) is 0 Å². The molecular formula is C36H24O4. The molecule has 40 heavy (non-hydrogen) atoms. The van der Waals surface area contributed by atoms with Gasteiger partial charge in [0.05, 0.1) is 72.9 Å². The van der Waals surface area contributed by atoms with Gasteiger partial charge in [-0.15, -0.1) is 0 Å². The van der Waals surface area contributed by atoms with E-state index in [0.29, 0.717) is 67.5 Å². The van der Waals surface area contributed by atoms with Crippen LogP contribution in [-0.4, -0.2) is 28.4 Å². The number of ether oxygens (including phenoxy) is 4. The zero-order chi connectivity index (χ0) is 27.9. The van der Waals surface area contributed by atoms with Crippen molar-refractivity contribution in [2.24, 2.45) is 0 Å². The normalized spacial score (nSPS) is 10.5. The number of methoxy groups -OCH3 is 4. The molecule has 0 amide bonds. The van der Waals surface area contributed by atoms with Gasteiger partial charge in [0.2, 0.25) is 0 Å². The first kappa shape index (κ1) is 25.9. The predicted molar refractivity (Wildman–Crippen MR) is 156 cm³/mol. The van der Waals surface area contributed by atoms with Crippen LogP contribution in [0.5, 0.6) is 23.0 Å². The van der Waals surface area contributed by atoms with E-state index in [-0.39, 0.29) is 0 Å². The van der Waals surface area contributed by atoms with Crippen molar-refractivity contribution in [3.8, 4) is 70.4 Å². The third-order valence-electron chi connectivity index (χ3n) is 6.20. The summed E-state index contributed by atoms with van der Waals surface area (Å²) in [5.74, 6) is 28.2. The number of hydrogen-bond acceptors (Lipinski definition) is 4. The smallest absolute Gasteiger partial charge is 0.150 e. The summed E-state index contributed by atoms with van der Waals surface area (Å²) in [6.07, 6.45) is 0. The molecule has 0 radical (unpaired) electrons. The Bertz CT molecular complexity index is 1490. The first-order valence-electron chi connectivity index (χ1n) is 12.4. The summed E-state index contributed by atoms with van der Waals surface area (Å²) in [4.78, 5) is 0. The largest absolute Gasteiger partial charge is 0.494 e. The van der Waals surface area contributed by atoms with Gasteiger partial charge in [-0.05, 0) is 48.5 Å². The van der Waals surface area contributed by atoms with E-state index in [1.807, 2.05) is 72.8 Å². The van der Waals surface area contributed by atoms with Crippen LogP contribution in [0.2, 0.25) is 0 Å². The quantitative estimate of drug-likeness (QED) is 0.288. The van der Waals surface area contributed by atoms with Crippen molar-refractivity contribution in [1.29, 1.82) is 0 Å². The van der Waals surface area contributed by atoms with Crippen LogP contribution in [0, 0.1) is 47.4 Å². The van der Waals surface area contributed by atoms with E-state index in [9.17, 15) is 0 Å². The third-order valence-corrected chi connectivity index (χ3v) is 6.20. The Morgan fingerprint density at radius 2 is 0.450 bits per heavy atom. The highest BCUT2D eigenvalue weighted by atomic mass is 16.5. The highest BCUT2D eigenvalue weighted by molar-refractivity contribution is 5.66. The second-order valence-corrected chi connectivity index (χ2v) is 8.55. The lowest BCUT2D eigenvalue weighted by atomic mass is 10.0. The maximum Gasteiger partial charge on any atom is 0.150 e. The molecule has 4 heteroatoms. The van der Waals surface area contributed by atoms with Crippen LogP contribution in [-0.2, 0) is 0 Å². The van der Waals surface area contributed by atoms with E-state index in [0.717, 1.165) is 0 Å². The van der Waals surface area contributed by atoms with Gasteiger partial charge < -0.3 is 18.9 Å². The summed E-state index contributed by atoms with van der Waals surface area (Å²) in [7, 11) is 6.45. The third kappa shape index (κ3) is 5.17. The van der Waals surface area contributed by atoms with Crippen LogP contribution in [0.4, 0.5) is 0 Å². The molecule has 0 aromatic heterocycles. The molecule has 0 aliphatic heterocycles. The van der Waals surface area contributed by atoms with Gasteiger partial charge >= 0.3 is 0 Å². The number of para-hydroxylation sites is 4. The topological polar surface area (TPSA) is 36.9 Å². The summed E-state index contributed by atoms with van der Waals surface area (Å²) < 4.78 is 22.9. The Hall–Kier alpha value is -5.68. The van der Waals surface area contributed by atoms with Crippen LogP contribution < -0.4 is 18.9 Å². The van der Waals surface area contributed by atoms with Gasteiger partial charge in [0.15, 0.2) is 0 Å². The van der Waals surface area contributed by atoms with E-state index < -0.39 is 0 Å². The molecule has 0 heterocycles. The summed E-state index contributed by atoms with van der Waals surface area (Å²) in [5.41, 5.74) is 5.63. The Morgan fingerprint density at radius 3 is 0.575 bits per heavy atom. The molecule has 0 saturated carbocycles. The van der Waals surface area contributed by atoms with Gasteiger partial charge in [0.1, 0.15) is 23.0 Å². The maximum atomic E-state index is 5.73. The lowest BCUT2D eigenvalue weighted by Crippen LogP contribution is -1.95. The van der Waals surface area contributed by atoms with Crippen molar-refractivity contribution < 1.29 is 18.9 Å². The number of rotatable bonds is 4. The number of hydrogen-bond donors (Lipinski definition) is 0. The minimum absolute atomic E-state index is 0.590. The van der Waals surface area contributed by atoms with Crippen LogP contribution in [0.25, 0.3) is 0 Å². The molecule has 1 aliphatic rings. The van der Waals surface area contributed by atoms with Crippen LogP contribution in [0.1, 0.15) is 44.5 Å². The van der Waals surface area contributed by atoms with Crippen LogP contribution >= 0.6 is 0 Å². The lowest BCUT2D eigenvalue weighted by Gasteiger charge is -2.09. The van der Waals surface area contributed by atoms with Gasteiger partial charge in [-0.25, -0.2) is 0 Å². The van der Waals surface area contributed by atoms with E-state index in [2.05, 4.69) is 47.4 Å². The van der Waals surface area contributed by atoms with Gasteiger partial charge in [0.25, 0.3) is 0 Å². The highest BCUT2D eigenvalue weighted by Crippen LogP contribution is 2.28. The fraction of sp³-hybridized carbons (Fsp3) is 0.111. The summed E-state index contributed by atoms with van der Waals surface area (Å²) in [6.45, 7) is 0. The van der Waals surface area contributed by atoms with Gasteiger partial charge in [-0.3, -0.25) is 0 Å². The van der Waals surface area contributed by atoms with Gasteiger partial charge in [-0.1, -0.05) is 71.6 Å². The molecule has 4 aromatic rings. The molecule has 192 valence electrons. The fourth-order valence-corrected chi connectivity index (χ4v) is 4.35. The van der Waals surface area contributed by atoms with E-state index in [1.54, 1.807) is 28.4 Å². The molecule has 4 aromatic carbocycles. The SMILES string of the molecule is COc1c2cccc1C#Cc1cccc(c1OC)C#Cc1cccc(c1OC)C#Cc1cccc(c1OC)C#C2. The lowest BCUT2D eigenvalue weighted by molar-refractivity contribution is 0.411.